The molecule has 3 heterocycles. The molecule has 1 saturated heterocycles. The molecule has 1 aromatic carbocycles. The summed E-state index contributed by atoms with van der Waals surface area (Å²) in [5, 5.41) is 4.02. The number of rotatable bonds is 9. The number of esters is 1. The molecule has 166 valence electrons. The minimum Gasteiger partial charge on any atom is -0.460 e. The molecule has 0 saturated carbocycles. The normalized spacial score (nSPS) is 17.4. The van der Waals surface area contributed by atoms with Gasteiger partial charge in [-0.2, -0.15) is 0 Å². The van der Waals surface area contributed by atoms with Crippen LogP contribution in [0, 0.1) is 0 Å². The van der Waals surface area contributed by atoms with Crippen molar-refractivity contribution in [3.05, 3.63) is 46.4 Å². The molecule has 8 nitrogen and oxygen atoms in total. The van der Waals surface area contributed by atoms with E-state index in [1.807, 2.05) is 11.0 Å². The first-order valence-electron chi connectivity index (χ1n) is 10.4. The summed E-state index contributed by atoms with van der Waals surface area (Å²) in [6, 6.07) is 7.07. The second kappa shape index (κ2) is 9.62. The summed E-state index contributed by atoms with van der Waals surface area (Å²) in [4.78, 5) is 26.0. The Bertz CT molecular complexity index is 959. The average Bonchev–Trinajstić information content (AvgIpc) is 3.47. The molecule has 0 aliphatic carbocycles. The van der Waals surface area contributed by atoms with Crippen molar-refractivity contribution in [2.45, 2.75) is 45.3 Å². The van der Waals surface area contributed by atoms with Gasteiger partial charge in [0.25, 0.3) is 0 Å². The van der Waals surface area contributed by atoms with E-state index < -0.39 is 5.97 Å². The van der Waals surface area contributed by atoms with Crippen LogP contribution in [0.1, 0.15) is 48.1 Å². The van der Waals surface area contributed by atoms with Crippen molar-refractivity contribution < 1.29 is 28.2 Å². The first kappa shape index (κ1) is 21.5. The second-order valence-corrected chi connectivity index (χ2v) is 7.87. The van der Waals surface area contributed by atoms with Gasteiger partial charge in [-0.1, -0.05) is 11.6 Å². The quantitative estimate of drug-likeness (QED) is 0.463. The van der Waals surface area contributed by atoms with Crippen molar-refractivity contribution >= 4 is 23.5 Å². The van der Waals surface area contributed by atoms with Gasteiger partial charge in [0.1, 0.15) is 5.76 Å². The summed E-state index contributed by atoms with van der Waals surface area (Å²) >= 11 is 6.32. The van der Waals surface area contributed by atoms with Crippen LogP contribution in [0.25, 0.3) is 0 Å². The van der Waals surface area contributed by atoms with Crippen molar-refractivity contribution in [2.75, 3.05) is 19.9 Å². The molecule has 2 aromatic rings. The third-order valence-electron chi connectivity index (χ3n) is 5.43. The van der Waals surface area contributed by atoms with Gasteiger partial charge in [0.05, 0.1) is 13.2 Å². The van der Waals surface area contributed by atoms with Crippen LogP contribution < -0.4 is 14.8 Å². The zero-order valence-electron chi connectivity index (χ0n) is 17.3. The number of benzene rings is 1. The van der Waals surface area contributed by atoms with E-state index in [0.29, 0.717) is 41.8 Å². The summed E-state index contributed by atoms with van der Waals surface area (Å²) in [5.74, 6) is 1.69. The molecule has 1 aromatic heterocycles. The van der Waals surface area contributed by atoms with Crippen molar-refractivity contribution in [3.8, 4) is 11.5 Å². The smallest absolute Gasteiger partial charge is 0.374 e. The van der Waals surface area contributed by atoms with Gasteiger partial charge in [0.2, 0.25) is 18.5 Å². The summed E-state index contributed by atoms with van der Waals surface area (Å²) in [6.45, 7) is 3.90. The fraction of sp³-hybridized carbons (Fsp3) is 0.455. The van der Waals surface area contributed by atoms with Crippen LogP contribution in [0.5, 0.6) is 11.5 Å². The third-order valence-corrected chi connectivity index (χ3v) is 5.78. The van der Waals surface area contributed by atoms with Crippen molar-refractivity contribution in [3.63, 3.8) is 0 Å². The number of furan rings is 1. The molecule has 31 heavy (non-hydrogen) atoms. The predicted octanol–water partition coefficient (Wildman–Crippen LogP) is 3.51. The average molecular weight is 449 g/mol. The van der Waals surface area contributed by atoms with E-state index in [4.69, 9.17) is 30.2 Å². The van der Waals surface area contributed by atoms with E-state index in [1.54, 1.807) is 25.1 Å². The van der Waals surface area contributed by atoms with Gasteiger partial charge >= 0.3 is 5.97 Å². The lowest BCUT2D eigenvalue weighted by Crippen LogP contribution is -2.34. The van der Waals surface area contributed by atoms with Gasteiger partial charge in [0, 0.05) is 30.1 Å². The number of ether oxygens (including phenoxy) is 3. The molecule has 4 rings (SSSR count). The van der Waals surface area contributed by atoms with E-state index in [1.165, 1.54) is 0 Å². The highest BCUT2D eigenvalue weighted by Crippen LogP contribution is 2.36. The molecule has 1 amide bonds. The van der Waals surface area contributed by atoms with Crippen LogP contribution in [0.15, 0.2) is 28.7 Å². The van der Waals surface area contributed by atoms with E-state index in [9.17, 15) is 9.59 Å². The highest BCUT2D eigenvalue weighted by Gasteiger charge is 2.31. The van der Waals surface area contributed by atoms with Crippen molar-refractivity contribution in [1.82, 2.24) is 10.2 Å². The van der Waals surface area contributed by atoms with Gasteiger partial charge in [-0.15, -0.1) is 0 Å². The lowest BCUT2D eigenvalue weighted by atomic mass is 10.1. The number of nitrogens with one attached hydrogen (secondary N) is 1. The van der Waals surface area contributed by atoms with Gasteiger partial charge in [-0.05, 0) is 50.1 Å². The highest BCUT2D eigenvalue weighted by molar-refractivity contribution is 6.31. The Balaban J connectivity index is 1.28. The number of nitrogens with zero attached hydrogens (tertiary/aromatic N) is 1. The maximum Gasteiger partial charge on any atom is 0.374 e. The first-order valence-corrected chi connectivity index (χ1v) is 10.8. The molecule has 1 atom stereocenters. The summed E-state index contributed by atoms with van der Waals surface area (Å²) in [5.41, 5.74) is 0.937. The van der Waals surface area contributed by atoms with Crippen LogP contribution in [0.4, 0.5) is 0 Å². The highest BCUT2D eigenvalue weighted by atomic mass is 35.5. The molecule has 1 N–H and O–H groups in total. The Morgan fingerprint density at radius 3 is 2.90 bits per heavy atom. The number of amides is 1. The number of likely N-dealkylation sites (tertiary alicyclic amines) is 1. The maximum absolute atomic E-state index is 12.4. The molecular formula is C22H25ClN2O6. The summed E-state index contributed by atoms with van der Waals surface area (Å²) in [7, 11) is 0. The molecule has 2 aliphatic rings. The largest absolute Gasteiger partial charge is 0.460 e. The van der Waals surface area contributed by atoms with Crippen molar-refractivity contribution in [2.24, 2.45) is 0 Å². The number of hydrogen-bond acceptors (Lipinski definition) is 7. The first-order chi connectivity index (χ1) is 15.0. The number of halogens is 1. The van der Waals surface area contributed by atoms with E-state index in [0.717, 1.165) is 24.9 Å². The lowest BCUT2D eigenvalue weighted by molar-refractivity contribution is -0.129. The van der Waals surface area contributed by atoms with Crippen LogP contribution in [0.2, 0.25) is 5.02 Å². The molecule has 9 heteroatoms. The third kappa shape index (κ3) is 4.97. The fourth-order valence-corrected chi connectivity index (χ4v) is 4.06. The van der Waals surface area contributed by atoms with E-state index >= 15 is 0 Å². The molecular weight excluding hydrogens is 424 g/mol. The Morgan fingerprint density at radius 1 is 1.29 bits per heavy atom. The molecule has 2 aliphatic heterocycles. The topological polar surface area (TPSA) is 90.2 Å². The minimum atomic E-state index is -0.496. The molecule has 1 fully saturated rings. The van der Waals surface area contributed by atoms with Gasteiger partial charge in [-0.3, -0.25) is 4.79 Å². The number of fused-ring (bicyclic) bond motifs is 1. The molecule has 0 radical (unpaired) electrons. The van der Waals surface area contributed by atoms with Gasteiger partial charge in [0.15, 0.2) is 11.5 Å². The number of carbonyl (C=O) groups is 2. The standard InChI is InChI=1S/C22H25ClN2O6/c1-2-28-22(27)18-5-4-16(31-18)12-25-15(3-6-21(25)26)7-8-24-11-14-9-19-20(10-17(14)23)30-13-29-19/h4-5,9-10,15,24H,2-3,6-8,11-13H2,1H3/t15-/m0/s1. The predicted molar refractivity (Wildman–Crippen MR) is 112 cm³/mol. The fourth-order valence-electron chi connectivity index (χ4n) is 3.84. The van der Waals surface area contributed by atoms with Crippen LogP contribution in [-0.4, -0.2) is 42.8 Å². The van der Waals surface area contributed by atoms with Gasteiger partial charge in [-0.25, -0.2) is 4.79 Å². The Morgan fingerprint density at radius 2 is 2.10 bits per heavy atom. The van der Waals surface area contributed by atoms with Crippen molar-refractivity contribution in [1.29, 1.82) is 0 Å². The number of hydrogen-bond donors (Lipinski definition) is 1. The van der Waals surface area contributed by atoms with Crippen LogP contribution in [-0.2, 0) is 22.6 Å². The monoisotopic (exact) mass is 448 g/mol. The zero-order chi connectivity index (χ0) is 21.8. The molecule has 0 unspecified atom stereocenters. The zero-order valence-corrected chi connectivity index (χ0v) is 18.1. The van der Waals surface area contributed by atoms with Gasteiger partial charge < -0.3 is 28.8 Å². The van der Waals surface area contributed by atoms with Crippen LogP contribution in [0.3, 0.4) is 0 Å². The Labute approximate surface area is 185 Å². The van der Waals surface area contributed by atoms with Crippen LogP contribution >= 0.6 is 11.6 Å². The Kier molecular flexibility index (Phi) is 6.67. The molecule has 0 bridgehead atoms. The SMILES string of the molecule is CCOC(=O)c1ccc(CN2C(=O)CC[C@H]2CCNCc2cc3c(cc2Cl)OCO3)o1. The van der Waals surface area contributed by atoms with E-state index in [2.05, 4.69) is 5.32 Å². The minimum absolute atomic E-state index is 0.0953. The summed E-state index contributed by atoms with van der Waals surface area (Å²) < 4.78 is 21.2. The lowest BCUT2D eigenvalue weighted by Gasteiger charge is -2.24. The molecule has 0 spiro atoms. The number of carbonyl (C=O) groups excluding carboxylic acids is 2. The maximum atomic E-state index is 12.4. The second-order valence-electron chi connectivity index (χ2n) is 7.46. The Hall–Kier alpha value is -2.71. The van der Waals surface area contributed by atoms with E-state index in [-0.39, 0.29) is 31.1 Å². The summed E-state index contributed by atoms with van der Waals surface area (Å²) in [6.07, 6.45) is 2.13.